The molecule has 0 fully saturated rings. The van der Waals surface area contributed by atoms with Gasteiger partial charge in [0.1, 0.15) is 16.4 Å². The van der Waals surface area contributed by atoms with Gasteiger partial charge >= 0.3 is 0 Å². The van der Waals surface area contributed by atoms with Gasteiger partial charge < -0.3 is 14.8 Å². The van der Waals surface area contributed by atoms with Crippen molar-refractivity contribution in [1.29, 1.82) is 0 Å². The minimum absolute atomic E-state index is 0.0108. The SMILES string of the molecule is COc1ccccc1NS(=O)(=O)c1cc2c(cc1Br)NC(=O)CO2. The lowest BCUT2D eigenvalue weighted by molar-refractivity contribution is -0.118. The lowest BCUT2D eigenvalue weighted by Gasteiger charge is -2.20. The topological polar surface area (TPSA) is 93.7 Å². The van der Waals surface area contributed by atoms with Crippen molar-refractivity contribution in [2.75, 3.05) is 23.8 Å². The molecular formula is C15H13BrN2O5S. The fraction of sp³-hybridized carbons (Fsp3) is 0.133. The fourth-order valence-electron chi connectivity index (χ4n) is 2.22. The highest BCUT2D eigenvalue weighted by molar-refractivity contribution is 9.10. The van der Waals surface area contributed by atoms with Gasteiger partial charge in [0.05, 0.1) is 18.5 Å². The molecule has 0 atom stereocenters. The number of anilines is 2. The Bertz CT molecular complexity index is 914. The summed E-state index contributed by atoms with van der Waals surface area (Å²) in [6, 6.07) is 9.53. The summed E-state index contributed by atoms with van der Waals surface area (Å²) in [5.41, 5.74) is 0.730. The van der Waals surface area contributed by atoms with Crippen LogP contribution >= 0.6 is 15.9 Å². The first kappa shape index (κ1) is 16.6. The summed E-state index contributed by atoms with van der Waals surface area (Å²) in [6.07, 6.45) is 0. The van der Waals surface area contributed by atoms with Crippen LogP contribution in [0.25, 0.3) is 0 Å². The Morgan fingerprint density at radius 1 is 1.29 bits per heavy atom. The van der Waals surface area contributed by atoms with E-state index in [2.05, 4.69) is 26.0 Å². The van der Waals surface area contributed by atoms with Gasteiger partial charge in [-0.1, -0.05) is 12.1 Å². The van der Waals surface area contributed by atoms with Crippen LogP contribution in [0.2, 0.25) is 0 Å². The van der Waals surface area contributed by atoms with Crippen LogP contribution in [0.1, 0.15) is 0 Å². The predicted molar refractivity (Wildman–Crippen MR) is 92.1 cm³/mol. The average Bonchev–Trinajstić information content (AvgIpc) is 2.54. The van der Waals surface area contributed by atoms with Crippen molar-refractivity contribution >= 4 is 43.2 Å². The molecule has 2 aromatic rings. The largest absolute Gasteiger partial charge is 0.495 e. The van der Waals surface area contributed by atoms with E-state index in [1.54, 1.807) is 24.3 Å². The maximum absolute atomic E-state index is 12.7. The number of hydrogen-bond acceptors (Lipinski definition) is 5. The van der Waals surface area contributed by atoms with Crippen LogP contribution in [0.4, 0.5) is 11.4 Å². The van der Waals surface area contributed by atoms with E-state index < -0.39 is 10.0 Å². The summed E-state index contributed by atoms with van der Waals surface area (Å²) in [5.74, 6) is 0.397. The normalized spacial score (nSPS) is 13.5. The van der Waals surface area contributed by atoms with E-state index in [0.717, 1.165) is 0 Å². The fourth-order valence-corrected chi connectivity index (χ4v) is 4.34. The average molecular weight is 413 g/mol. The molecular weight excluding hydrogens is 400 g/mol. The monoisotopic (exact) mass is 412 g/mol. The molecule has 0 aromatic heterocycles. The minimum atomic E-state index is -3.89. The predicted octanol–water partition coefficient (Wildman–Crippen LogP) is 2.59. The zero-order valence-corrected chi connectivity index (χ0v) is 14.9. The smallest absolute Gasteiger partial charge is 0.263 e. The van der Waals surface area contributed by atoms with Crippen LogP contribution in [0.5, 0.6) is 11.5 Å². The van der Waals surface area contributed by atoms with E-state index in [4.69, 9.17) is 9.47 Å². The number of amides is 1. The minimum Gasteiger partial charge on any atom is -0.495 e. The van der Waals surface area contributed by atoms with E-state index in [1.165, 1.54) is 19.2 Å². The number of benzene rings is 2. The van der Waals surface area contributed by atoms with E-state index >= 15 is 0 Å². The summed E-state index contributed by atoms with van der Waals surface area (Å²) in [6.45, 7) is -0.159. The van der Waals surface area contributed by atoms with Crippen molar-refractivity contribution in [2.24, 2.45) is 0 Å². The molecule has 0 bridgehead atoms. The van der Waals surface area contributed by atoms with Gasteiger partial charge in [0.15, 0.2) is 6.61 Å². The number of sulfonamides is 1. The third kappa shape index (κ3) is 3.17. The van der Waals surface area contributed by atoms with Gasteiger partial charge in [0.25, 0.3) is 15.9 Å². The van der Waals surface area contributed by atoms with E-state index in [-0.39, 0.29) is 17.4 Å². The molecule has 126 valence electrons. The molecule has 1 heterocycles. The molecule has 2 N–H and O–H groups in total. The number of hydrogen-bond donors (Lipinski definition) is 2. The van der Waals surface area contributed by atoms with Gasteiger partial charge in [-0.25, -0.2) is 8.42 Å². The molecule has 1 aliphatic heterocycles. The summed E-state index contributed by atoms with van der Waals surface area (Å²) in [4.78, 5) is 11.3. The maximum atomic E-state index is 12.7. The van der Waals surface area contributed by atoms with Crippen molar-refractivity contribution in [1.82, 2.24) is 0 Å². The number of carbonyl (C=O) groups excluding carboxylic acids is 1. The Labute approximate surface area is 147 Å². The lowest BCUT2D eigenvalue weighted by Crippen LogP contribution is -2.26. The van der Waals surface area contributed by atoms with E-state index in [1.807, 2.05) is 0 Å². The van der Waals surface area contributed by atoms with Crippen molar-refractivity contribution in [3.8, 4) is 11.5 Å². The van der Waals surface area contributed by atoms with Crippen LogP contribution in [0, 0.1) is 0 Å². The van der Waals surface area contributed by atoms with Gasteiger partial charge in [0, 0.05) is 10.5 Å². The van der Waals surface area contributed by atoms with Gasteiger partial charge in [-0.05, 0) is 34.1 Å². The number of carbonyl (C=O) groups is 1. The number of ether oxygens (including phenoxy) is 2. The molecule has 0 saturated carbocycles. The number of para-hydroxylation sites is 2. The molecule has 9 heteroatoms. The molecule has 1 amide bonds. The maximum Gasteiger partial charge on any atom is 0.263 e. The molecule has 1 aliphatic rings. The molecule has 0 aliphatic carbocycles. The van der Waals surface area contributed by atoms with Crippen LogP contribution in [0.3, 0.4) is 0 Å². The van der Waals surface area contributed by atoms with E-state index in [0.29, 0.717) is 27.3 Å². The summed E-state index contributed by atoms with van der Waals surface area (Å²) in [5, 5.41) is 2.62. The highest BCUT2D eigenvalue weighted by atomic mass is 79.9. The van der Waals surface area contributed by atoms with E-state index in [9.17, 15) is 13.2 Å². The summed E-state index contributed by atoms with van der Waals surface area (Å²) in [7, 11) is -2.44. The van der Waals surface area contributed by atoms with Gasteiger partial charge in [0.2, 0.25) is 0 Å². The molecule has 0 spiro atoms. The van der Waals surface area contributed by atoms with Crippen LogP contribution in [-0.4, -0.2) is 28.0 Å². The van der Waals surface area contributed by atoms with Crippen molar-refractivity contribution in [2.45, 2.75) is 4.90 Å². The van der Waals surface area contributed by atoms with Gasteiger partial charge in [-0.2, -0.15) is 0 Å². The number of methoxy groups -OCH3 is 1. The summed E-state index contributed by atoms with van der Waals surface area (Å²) < 4.78 is 38.6. The second kappa shape index (κ2) is 6.33. The number of fused-ring (bicyclic) bond motifs is 1. The first-order valence-corrected chi connectivity index (χ1v) is 9.10. The molecule has 3 rings (SSSR count). The Hall–Kier alpha value is -2.26. The molecule has 7 nitrogen and oxygen atoms in total. The zero-order valence-electron chi connectivity index (χ0n) is 12.5. The standard InChI is InChI=1S/C15H13BrN2O5S/c1-22-12-5-3-2-4-10(12)18-24(20,21)14-7-13-11(6-9(14)16)17-15(19)8-23-13/h2-7,18H,8H2,1H3,(H,17,19). The van der Waals surface area contributed by atoms with Gasteiger partial charge in [-0.15, -0.1) is 0 Å². The lowest BCUT2D eigenvalue weighted by atomic mass is 10.2. The summed E-state index contributed by atoms with van der Waals surface area (Å²) >= 11 is 3.22. The van der Waals surface area contributed by atoms with Gasteiger partial charge in [-0.3, -0.25) is 9.52 Å². The quantitative estimate of drug-likeness (QED) is 0.804. The Kier molecular flexibility index (Phi) is 4.37. The molecule has 0 unspecified atom stereocenters. The second-order valence-electron chi connectivity index (χ2n) is 4.92. The zero-order chi connectivity index (χ0) is 17.3. The number of rotatable bonds is 4. The highest BCUT2D eigenvalue weighted by Crippen LogP contribution is 2.37. The van der Waals surface area contributed by atoms with Crippen molar-refractivity contribution in [3.05, 3.63) is 40.9 Å². The Balaban J connectivity index is 2.00. The molecule has 0 saturated heterocycles. The molecule has 0 radical (unpaired) electrons. The molecule has 24 heavy (non-hydrogen) atoms. The molecule has 2 aromatic carbocycles. The second-order valence-corrected chi connectivity index (χ2v) is 7.43. The first-order chi connectivity index (χ1) is 11.4. The Morgan fingerprint density at radius 2 is 2.04 bits per heavy atom. The van der Waals surface area contributed by atoms with Crippen molar-refractivity contribution in [3.63, 3.8) is 0 Å². The first-order valence-electron chi connectivity index (χ1n) is 6.83. The van der Waals surface area contributed by atoms with Crippen LogP contribution in [0.15, 0.2) is 45.8 Å². The third-order valence-electron chi connectivity index (χ3n) is 3.31. The third-order valence-corrected chi connectivity index (χ3v) is 5.63. The number of nitrogens with one attached hydrogen (secondary N) is 2. The Morgan fingerprint density at radius 3 is 2.79 bits per heavy atom. The number of halogens is 1. The van der Waals surface area contributed by atoms with Crippen LogP contribution < -0.4 is 19.5 Å². The highest BCUT2D eigenvalue weighted by Gasteiger charge is 2.25. The van der Waals surface area contributed by atoms with Crippen LogP contribution in [-0.2, 0) is 14.8 Å². The van der Waals surface area contributed by atoms with Crippen molar-refractivity contribution < 1.29 is 22.7 Å².